The van der Waals surface area contributed by atoms with Crippen LogP contribution in [0.25, 0.3) is 0 Å². The van der Waals surface area contributed by atoms with Crippen molar-refractivity contribution in [1.29, 1.82) is 0 Å². The molecule has 5 nitrogen and oxygen atoms in total. The highest BCUT2D eigenvalue weighted by atomic mass is 32.2. The van der Waals surface area contributed by atoms with Crippen molar-refractivity contribution in [2.24, 2.45) is 0 Å². The number of hydrogen-bond donors (Lipinski definition) is 2. The molecule has 0 bridgehead atoms. The number of sulfone groups is 1. The Morgan fingerprint density at radius 3 is 2.27 bits per heavy atom. The van der Waals surface area contributed by atoms with E-state index in [9.17, 15) is 18.3 Å². The summed E-state index contributed by atoms with van der Waals surface area (Å²) in [7, 11) is -3.64. The fraction of sp³-hybridized carbons (Fsp3) is 0.292. The second kappa shape index (κ2) is 8.88. The first kappa shape index (κ1) is 21.8. The van der Waals surface area contributed by atoms with E-state index in [0.29, 0.717) is 16.8 Å². The van der Waals surface area contributed by atoms with Gasteiger partial charge in [-0.1, -0.05) is 61.9 Å². The van der Waals surface area contributed by atoms with Gasteiger partial charge in [-0.2, -0.15) is 0 Å². The van der Waals surface area contributed by atoms with E-state index < -0.39 is 20.6 Å². The number of benzene rings is 2. The first-order valence-corrected chi connectivity index (χ1v) is 11.9. The zero-order chi connectivity index (χ0) is 21.8. The minimum Gasteiger partial charge on any atom is -0.481 e. The lowest BCUT2D eigenvalue weighted by atomic mass is 9.86. The van der Waals surface area contributed by atoms with E-state index in [1.165, 1.54) is 11.8 Å². The molecule has 0 fully saturated rings. The normalized spacial score (nSPS) is 13.7. The molecule has 0 spiro atoms. The van der Waals surface area contributed by atoms with Gasteiger partial charge < -0.3 is 10.1 Å². The molecule has 0 saturated carbocycles. The van der Waals surface area contributed by atoms with Gasteiger partial charge in [-0.3, -0.25) is 4.79 Å². The van der Waals surface area contributed by atoms with E-state index in [1.54, 1.807) is 42.6 Å². The molecule has 2 N–H and O–H groups in total. The number of carboxylic acids is 1. The summed E-state index contributed by atoms with van der Waals surface area (Å²) in [6, 6.07) is 18.5. The van der Waals surface area contributed by atoms with E-state index in [1.807, 2.05) is 24.3 Å². The number of hydrogen-bond acceptors (Lipinski definition) is 3. The number of aryl methyl sites for hydroxylation is 1. The number of rotatable bonds is 9. The molecule has 3 rings (SSSR count). The molecule has 0 saturated heterocycles. The van der Waals surface area contributed by atoms with Crippen LogP contribution in [-0.4, -0.2) is 30.7 Å². The fourth-order valence-electron chi connectivity index (χ4n) is 3.99. The molecule has 1 heterocycles. The van der Waals surface area contributed by atoms with E-state index in [2.05, 4.69) is 11.9 Å². The Labute approximate surface area is 177 Å². The van der Waals surface area contributed by atoms with Crippen LogP contribution in [-0.2, 0) is 38.6 Å². The molecule has 0 aliphatic rings. The van der Waals surface area contributed by atoms with Crippen LogP contribution in [0.5, 0.6) is 0 Å². The summed E-state index contributed by atoms with van der Waals surface area (Å²) < 4.78 is 25.3. The summed E-state index contributed by atoms with van der Waals surface area (Å²) in [6.07, 6.45) is 5.06. The Kier molecular flexibility index (Phi) is 6.46. The van der Waals surface area contributed by atoms with Crippen LogP contribution in [0, 0.1) is 0 Å². The van der Waals surface area contributed by atoms with Crippen molar-refractivity contribution in [3.8, 4) is 0 Å². The second-order valence-corrected chi connectivity index (χ2v) is 9.94. The van der Waals surface area contributed by atoms with Gasteiger partial charge in [-0.25, -0.2) is 8.42 Å². The highest BCUT2D eigenvalue weighted by Gasteiger charge is 2.45. The number of aromatic nitrogens is 1. The number of H-pyrrole nitrogens is 1. The third-order valence-corrected chi connectivity index (χ3v) is 7.30. The monoisotopic (exact) mass is 425 g/mol. The number of aromatic amines is 1. The Bertz CT molecular complexity index is 1100. The average Bonchev–Trinajstić information content (AvgIpc) is 3.21. The predicted octanol–water partition coefficient (Wildman–Crippen LogP) is 4.13. The average molecular weight is 426 g/mol. The lowest BCUT2D eigenvalue weighted by Gasteiger charge is -2.32. The first-order valence-electron chi connectivity index (χ1n) is 9.99. The Hall–Kier alpha value is -2.86. The molecule has 1 atom stereocenters. The van der Waals surface area contributed by atoms with Crippen LogP contribution in [0.2, 0.25) is 0 Å². The van der Waals surface area contributed by atoms with Crippen molar-refractivity contribution in [1.82, 2.24) is 4.98 Å². The maximum Gasteiger partial charge on any atom is 0.307 e. The number of aliphatic carboxylic acids is 1. The fourth-order valence-corrected chi connectivity index (χ4v) is 5.50. The quantitative estimate of drug-likeness (QED) is 0.540. The highest BCUT2D eigenvalue weighted by molar-refractivity contribution is 7.91. The van der Waals surface area contributed by atoms with Gasteiger partial charge in [-0.15, -0.1) is 0 Å². The van der Waals surface area contributed by atoms with Crippen molar-refractivity contribution in [3.05, 3.63) is 94.8 Å². The molecule has 1 unspecified atom stereocenters. The van der Waals surface area contributed by atoms with Gasteiger partial charge in [-0.05, 0) is 40.8 Å². The zero-order valence-electron chi connectivity index (χ0n) is 17.3. The lowest BCUT2D eigenvalue weighted by Crippen LogP contribution is -2.39. The Morgan fingerprint density at radius 1 is 1.00 bits per heavy atom. The number of nitrogens with one attached hydrogen (secondary N) is 1. The maximum absolute atomic E-state index is 13.3. The van der Waals surface area contributed by atoms with E-state index in [4.69, 9.17) is 0 Å². The largest absolute Gasteiger partial charge is 0.481 e. The van der Waals surface area contributed by atoms with Crippen LogP contribution < -0.4 is 0 Å². The van der Waals surface area contributed by atoms with Gasteiger partial charge in [0.25, 0.3) is 0 Å². The summed E-state index contributed by atoms with van der Waals surface area (Å²) in [6.45, 7) is 2.12. The topological polar surface area (TPSA) is 87.2 Å². The van der Waals surface area contributed by atoms with Crippen molar-refractivity contribution >= 4 is 15.8 Å². The van der Waals surface area contributed by atoms with Crippen LogP contribution in [0.1, 0.15) is 41.3 Å². The molecular weight excluding hydrogens is 398 g/mol. The van der Waals surface area contributed by atoms with Crippen molar-refractivity contribution in [2.45, 2.75) is 37.4 Å². The molecule has 2 aromatic carbocycles. The summed E-state index contributed by atoms with van der Waals surface area (Å²) in [5, 5.41) is 9.18. The third-order valence-electron chi connectivity index (χ3n) is 5.43. The van der Waals surface area contributed by atoms with Crippen molar-refractivity contribution in [3.63, 3.8) is 0 Å². The SMILES string of the molecule is CCCc1ccc(CC(c2cccc(CC(=O)O)c2)(c2ccc[nH]2)S(C)(=O)=O)cc1. The van der Waals surface area contributed by atoms with Gasteiger partial charge in [0.15, 0.2) is 9.84 Å². The van der Waals surface area contributed by atoms with Gasteiger partial charge in [0.1, 0.15) is 4.75 Å². The minimum atomic E-state index is -3.64. The summed E-state index contributed by atoms with van der Waals surface area (Å²) in [4.78, 5) is 14.3. The standard InChI is InChI=1S/C24H27NO4S/c1-3-6-18-10-12-19(13-11-18)17-24(30(2,28)29,22-9-5-14-25-22)21-8-4-7-20(15-21)16-23(26)27/h4-5,7-15,25H,3,6,16-17H2,1-2H3,(H,26,27). The summed E-state index contributed by atoms with van der Waals surface area (Å²) in [5.41, 5.74) is 3.81. The molecule has 0 amide bonds. The molecule has 1 aromatic heterocycles. The van der Waals surface area contributed by atoms with E-state index in [-0.39, 0.29) is 12.8 Å². The number of carbonyl (C=O) groups is 1. The summed E-state index contributed by atoms with van der Waals surface area (Å²) >= 11 is 0. The minimum absolute atomic E-state index is 0.163. The first-order chi connectivity index (χ1) is 14.3. The molecule has 6 heteroatoms. The highest BCUT2D eigenvalue weighted by Crippen LogP contribution is 2.40. The predicted molar refractivity (Wildman–Crippen MR) is 118 cm³/mol. The molecule has 0 aliphatic heterocycles. The maximum atomic E-state index is 13.3. The molecular formula is C24H27NO4S. The smallest absolute Gasteiger partial charge is 0.307 e. The number of carboxylic acid groups (broad SMARTS) is 1. The Balaban J connectivity index is 2.17. The van der Waals surface area contributed by atoms with Gasteiger partial charge in [0, 0.05) is 24.6 Å². The van der Waals surface area contributed by atoms with Gasteiger partial charge in [0.2, 0.25) is 0 Å². The van der Waals surface area contributed by atoms with Gasteiger partial charge >= 0.3 is 5.97 Å². The van der Waals surface area contributed by atoms with Crippen LogP contribution >= 0.6 is 0 Å². The van der Waals surface area contributed by atoms with Crippen molar-refractivity contribution < 1.29 is 18.3 Å². The van der Waals surface area contributed by atoms with Gasteiger partial charge in [0.05, 0.1) is 6.42 Å². The molecule has 0 radical (unpaired) electrons. The zero-order valence-corrected chi connectivity index (χ0v) is 18.1. The summed E-state index contributed by atoms with van der Waals surface area (Å²) in [5.74, 6) is -0.955. The molecule has 158 valence electrons. The van der Waals surface area contributed by atoms with Crippen LogP contribution in [0.3, 0.4) is 0 Å². The van der Waals surface area contributed by atoms with E-state index >= 15 is 0 Å². The van der Waals surface area contributed by atoms with Crippen LogP contribution in [0.15, 0.2) is 66.9 Å². The molecule has 3 aromatic rings. The van der Waals surface area contributed by atoms with Crippen LogP contribution in [0.4, 0.5) is 0 Å². The second-order valence-electron chi connectivity index (χ2n) is 7.70. The van der Waals surface area contributed by atoms with Crippen molar-refractivity contribution in [2.75, 3.05) is 6.26 Å². The molecule has 0 aliphatic carbocycles. The molecule has 30 heavy (non-hydrogen) atoms. The van der Waals surface area contributed by atoms with E-state index in [0.717, 1.165) is 18.4 Å². The third kappa shape index (κ3) is 4.49. The lowest BCUT2D eigenvalue weighted by molar-refractivity contribution is -0.136. The Morgan fingerprint density at radius 2 is 1.70 bits per heavy atom.